The van der Waals surface area contributed by atoms with Crippen LogP contribution in [0.2, 0.25) is 0 Å². The molecule has 0 bridgehead atoms. The molecule has 0 amide bonds. The summed E-state index contributed by atoms with van der Waals surface area (Å²) in [6.45, 7) is 3.63. The van der Waals surface area contributed by atoms with Gasteiger partial charge in [-0.25, -0.2) is 9.50 Å². The van der Waals surface area contributed by atoms with Gasteiger partial charge in [0.05, 0.1) is 11.8 Å². The molecule has 3 heterocycles. The topological polar surface area (TPSA) is 53.7 Å². The highest BCUT2D eigenvalue weighted by Gasteiger charge is 2.23. The molecule has 1 atom stereocenters. The van der Waals surface area contributed by atoms with Gasteiger partial charge in [-0.05, 0) is 24.5 Å². The second-order valence-corrected chi connectivity index (χ2v) is 6.05. The molecule has 1 saturated heterocycles. The Bertz CT molecular complexity index is 825. The second kappa shape index (κ2) is 5.66. The van der Waals surface area contributed by atoms with E-state index in [2.05, 4.69) is 52.2 Å². The number of nitrogens with zero attached hydrogens (tertiary/aromatic N) is 4. The largest absolute Gasteiger partial charge is 0.391 e. The molecule has 0 saturated carbocycles. The Morgan fingerprint density at radius 2 is 2.09 bits per heavy atom. The number of hydrogen-bond donors (Lipinski definition) is 1. The molecular weight excluding hydrogens is 288 g/mol. The maximum Gasteiger partial charge on any atom is 0.154 e. The van der Waals surface area contributed by atoms with Crippen LogP contribution in [0.25, 0.3) is 16.8 Å². The number of aromatic nitrogens is 3. The lowest BCUT2D eigenvalue weighted by Gasteiger charge is -2.16. The minimum absolute atomic E-state index is 0.263. The van der Waals surface area contributed by atoms with Gasteiger partial charge >= 0.3 is 0 Å². The van der Waals surface area contributed by atoms with E-state index in [0.29, 0.717) is 6.54 Å². The van der Waals surface area contributed by atoms with Crippen molar-refractivity contribution in [3.63, 3.8) is 0 Å². The van der Waals surface area contributed by atoms with E-state index in [1.54, 1.807) is 6.20 Å². The van der Waals surface area contributed by atoms with Crippen LogP contribution in [0.5, 0.6) is 0 Å². The van der Waals surface area contributed by atoms with Crippen molar-refractivity contribution in [3.05, 3.63) is 48.3 Å². The Labute approximate surface area is 135 Å². The fraction of sp³-hybridized carbons (Fsp3) is 0.333. The lowest BCUT2D eigenvalue weighted by Crippen LogP contribution is -2.22. The van der Waals surface area contributed by atoms with E-state index >= 15 is 0 Å². The predicted octanol–water partition coefficient (Wildman–Crippen LogP) is 2.53. The van der Waals surface area contributed by atoms with Crippen molar-refractivity contribution in [3.8, 4) is 11.3 Å². The summed E-state index contributed by atoms with van der Waals surface area (Å²) < 4.78 is 1.87. The molecule has 1 aromatic carbocycles. The van der Waals surface area contributed by atoms with E-state index in [1.165, 1.54) is 5.56 Å². The summed E-state index contributed by atoms with van der Waals surface area (Å²) in [5.74, 6) is 0.896. The first-order chi connectivity index (χ1) is 11.2. The summed E-state index contributed by atoms with van der Waals surface area (Å²) in [4.78, 5) is 6.64. The molecule has 5 heteroatoms. The third-order valence-electron chi connectivity index (χ3n) is 4.49. The smallest absolute Gasteiger partial charge is 0.154 e. The van der Waals surface area contributed by atoms with Crippen molar-refractivity contribution < 1.29 is 5.11 Å². The number of anilines is 1. The van der Waals surface area contributed by atoms with E-state index in [4.69, 9.17) is 0 Å². The monoisotopic (exact) mass is 308 g/mol. The number of β-amino-alcohol motifs (C(OH)–C–C–N with tert-alkyl or cyclic N) is 1. The van der Waals surface area contributed by atoms with E-state index < -0.39 is 0 Å². The van der Waals surface area contributed by atoms with E-state index in [-0.39, 0.29) is 6.10 Å². The summed E-state index contributed by atoms with van der Waals surface area (Å²) in [6.07, 6.45) is 5.21. The van der Waals surface area contributed by atoms with Crippen LogP contribution >= 0.6 is 0 Å². The molecule has 3 aromatic rings. The Kier molecular flexibility index (Phi) is 3.50. The maximum absolute atomic E-state index is 9.77. The van der Waals surface area contributed by atoms with Crippen LogP contribution in [-0.4, -0.2) is 38.9 Å². The summed E-state index contributed by atoms with van der Waals surface area (Å²) in [5.41, 5.74) is 4.36. The van der Waals surface area contributed by atoms with Gasteiger partial charge in [-0.1, -0.05) is 31.2 Å². The summed E-state index contributed by atoms with van der Waals surface area (Å²) in [6, 6.07) is 10.6. The highest BCUT2D eigenvalue weighted by Crippen LogP contribution is 2.27. The van der Waals surface area contributed by atoms with Crippen molar-refractivity contribution in [2.45, 2.75) is 25.9 Å². The van der Waals surface area contributed by atoms with Crippen LogP contribution in [-0.2, 0) is 6.42 Å². The van der Waals surface area contributed by atoms with E-state index in [9.17, 15) is 5.11 Å². The Morgan fingerprint density at radius 1 is 1.26 bits per heavy atom. The van der Waals surface area contributed by atoms with E-state index in [1.807, 2.05) is 10.7 Å². The minimum atomic E-state index is -0.263. The first-order valence-corrected chi connectivity index (χ1v) is 8.11. The molecule has 0 radical (unpaired) electrons. The highest BCUT2D eigenvalue weighted by molar-refractivity contribution is 5.75. The zero-order chi connectivity index (χ0) is 15.8. The molecule has 4 rings (SSSR count). The van der Waals surface area contributed by atoms with Gasteiger partial charge in [0, 0.05) is 31.0 Å². The summed E-state index contributed by atoms with van der Waals surface area (Å²) in [5, 5.41) is 14.5. The van der Waals surface area contributed by atoms with Crippen molar-refractivity contribution >= 4 is 11.3 Å². The standard InChI is InChI=1S/C18H20N4O/c1-2-13-3-5-14(6-4-13)16-11-17-18(19-8-10-22(17)20-16)21-9-7-15(23)12-21/h3-6,8,10-11,15,23H,2,7,9,12H2,1H3. The maximum atomic E-state index is 9.77. The first kappa shape index (κ1) is 14.2. The molecule has 2 aromatic heterocycles. The van der Waals surface area contributed by atoms with Gasteiger partial charge in [0.2, 0.25) is 0 Å². The average molecular weight is 308 g/mol. The number of rotatable bonds is 3. The molecule has 5 nitrogen and oxygen atoms in total. The van der Waals surface area contributed by atoms with Crippen molar-refractivity contribution in [2.75, 3.05) is 18.0 Å². The zero-order valence-corrected chi connectivity index (χ0v) is 13.2. The predicted molar refractivity (Wildman–Crippen MR) is 90.6 cm³/mol. The van der Waals surface area contributed by atoms with Gasteiger partial charge in [-0.15, -0.1) is 0 Å². The van der Waals surface area contributed by atoms with Crippen LogP contribution in [0, 0.1) is 0 Å². The Balaban J connectivity index is 1.75. The molecule has 0 spiro atoms. The third kappa shape index (κ3) is 2.57. The number of benzene rings is 1. The number of fused-ring (bicyclic) bond motifs is 1. The Morgan fingerprint density at radius 3 is 2.78 bits per heavy atom. The lowest BCUT2D eigenvalue weighted by molar-refractivity contribution is 0.198. The SMILES string of the molecule is CCc1ccc(-c2cc3c(N4CCC(O)C4)nccn3n2)cc1. The third-order valence-corrected chi connectivity index (χ3v) is 4.49. The quantitative estimate of drug-likeness (QED) is 0.808. The lowest BCUT2D eigenvalue weighted by atomic mass is 10.1. The molecule has 23 heavy (non-hydrogen) atoms. The van der Waals surface area contributed by atoms with Gasteiger partial charge in [0.25, 0.3) is 0 Å². The van der Waals surface area contributed by atoms with Crippen LogP contribution in [0.15, 0.2) is 42.7 Å². The van der Waals surface area contributed by atoms with Gasteiger partial charge in [0.15, 0.2) is 5.82 Å². The molecule has 0 aliphatic carbocycles. The number of aryl methyl sites for hydroxylation is 1. The summed E-state index contributed by atoms with van der Waals surface area (Å²) >= 11 is 0. The molecule has 118 valence electrons. The van der Waals surface area contributed by atoms with E-state index in [0.717, 1.165) is 42.0 Å². The van der Waals surface area contributed by atoms with Crippen molar-refractivity contribution in [1.29, 1.82) is 0 Å². The van der Waals surface area contributed by atoms with Crippen molar-refractivity contribution in [1.82, 2.24) is 14.6 Å². The van der Waals surface area contributed by atoms with Crippen molar-refractivity contribution in [2.24, 2.45) is 0 Å². The van der Waals surface area contributed by atoms with Gasteiger partial charge in [-0.3, -0.25) is 0 Å². The molecule has 1 aliphatic heterocycles. The molecule has 1 fully saturated rings. The fourth-order valence-electron chi connectivity index (χ4n) is 3.14. The minimum Gasteiger partial charge on any atom is -0.391 e. The molecule has 1 aliphatic rings. The average Bonchev–Trinajstić information content (AvgIpc) is 3.20. The fourth-order valence-corrected chi connectivity index (χ4v) is 3.14. The van der Waals surface area contributed by atoms with Crippen LogP contribution in [0.4, 0.5) is 5.82 Å². The van der Waals surface area contributed by atoms with Gasteiger partial charge < -0.3 is 10.0 Å². The molecule has 1 N–H and O–H groups in total. The summed E-state index contributed by atoms with van der Waals surface area (Å²) in [7, 11) is 0. The van der Waals surface area contributed by atoms with Gasteiger partial charge in [-0.2, -0.15) is 5.10 Å². The number of aliphatic hydroxyl groups excluding tert-OH is 1. The molecule has 1 unspecified atom stereocenters. The van der Waals surface area contributed by atoms with Crippen LogP contribution in [0.1, 0.15) is 18.9 Å². The first-order valence-electron chi connectivity index (χ1n) is 8.11. The van der Waals surface area contributed by atoms with Crippen LogP contribution in [0.3, 0.4) is 0 Å². The number of hydrogen-bond acceptors (Lipinski definition) is 4. The Hall–Kier alpha value is -2.40. The highest BCUT2D eigenvalue weighted by atomic mass is 16.3. The molecular formula is C18H20N4O. The normalized spacial score (nSPS) is 18.0. The van der Waals surface area contributed by atoms with Gasteiger partial charge in [0.1, 0.15) is 5.52 Å². The van der Waals surface area contributed by atoms with Crippen LogP contribution < -0.4 is 4.90 Å². The number of aliphatic hydroxyl groups is 1. The zero-order valence-electron chi connectivity index (χ0n) is 13.2. The second-order valence-electron chi connectivity index (χ2n) is 6.05.